The van der Waals surface area contributed by atoms with Gasteiger partial charge < -0.3 is 14.5 Å². The number of nitrogens with one attached hydrogen (secondary N) is 2. The molecule has 0 amide bonds. The van der Waals surface area contributed by atoms with E-state index < -0.39 is 0 Å². The Morgan fingerprint density at radius 1 is 1.25 bits per heavy atom. The Labute approximate surface area is 138 Å². The van der Waals surface area contributed by atoms with Gasteiger partial charge in [0, 0.05) is 17.8 Å². The summed E-state index contributed by atoms with van der Waals surface area (Å²) >= 11 is 0. The summed E-state index contributed by atoms with van der Waals surface area (Å²) in [5.74, 6) is 1.63. The summed E-state index contributed by atoms with van der Waals surface area (Å²) in [6.07, 6.45) is 3.46. The van der Waals surface area contributed by atoms with Crippen LogP contribution in [0.2, 0.25) is 0 Å². The Bertz CT molecular complexity index is 814. The minimum absolute atomic E-state index is 0.0407. The number of rotatable bonds is 4. The molecule has 4 rings (SSSR count). The molecule has 124 valence electrons. The zero-order chi connectivity index (χ0) is 16.4. The second kappa shape index (κ2) is 6.49. The van der Waals surface area contributed by atoms with Crippen molar-refractivity contribution >= 4 is 0 Å². The first kappa shape index (κ1) is 15.0. The highest BCUT2D eigenvalue weighted by Gasteiger charge is 2.22. The first-order valence-corrected chi connectivity index (χ1v) is 8.04. The van der Waals surface area contributed by atoms with Gasteiger partial charge in [0.25, 0.3) is 0 Å². The molecule has 0 unspecified atom stereocenters. The molecule has 1 aliphatic heterocycles. The normalized spacial score (nSPS) is 17.1. The molecule has 0 saturated carbocycles. The van der Waals surface area contributed by atoms with E-state index in [2.05, 4.69) is 15.5 Å². The molecule has 5 nitrogen and oxygen atoms in total. The fraction of sp³-hybridized carbons (Fsp3) is 0.278. The fourth-order valence-corrected chi connectivity index (χ4v) is 3.02. The Morgan fingerprint density at radius 3 is 3.08 bits per heavy atom. The van der Waals surface area contributed by atoms with Crippen LogP contribution in [0.1, 0.15) is 30.2 Å². The number of furan rings is 1. The van der Waals surface area contributed by atoms with Gasteiger partial charge in [0.05, 0.1) is 13.2 Å². The van der Waals surface area contributed by atoms with E-state index in [0.29, 0.717) is 18.9 Å². The van der Waals surface area contributed by atoms with Crippen molar-refractivity contribution < 1.29 is 13.5 Å². The highest BCUT2D eigenvalue weighted by Crippen LogP contribution is 2.33. The topological polar surface area (TPSA) is 63.1 Å². The van der Waals surface area contributed by atoms with Gasteiger partial charge in [-0.2, -0.15) is 5.10 Å². The molecule has 1 aliphatic rings. The molecule has 0 fully saturated rings. The van der Waals surface area contributed by atoms with E-state index in [-0.39, 0.29) is 11.9 Å². The number of hydrogen-bond acceptors (Lipinski definition) is 4. The molecule has 0 spiro atoms. The lowest BCUT2D eigenvalue weighted by Gasteiger charge is -2.18. The predicted octanol–water partition coefficient (Wildman–Crippen LogP) is 3.81. The van der Waals surface area contributed by atoms with Gasteiger partial charge in [-0.25, -0.2) is 4.39 Å². The van der Waals surface area contributed by atoms with E-state index in [9.17, 15) is 4.39 Å². The molecule has 0 radical (unpaired) electrons. The van der Waals surface area contributed by atoms with Crippen molar-refractivity contribution in [2.45, 2.75) is 25.4 Å². The van der Waals surface area contributed by atoms with Gasteiger partial charge in [-0.1, -0.05) is 12.1 Å². The molecule has 3 heterocycles. The maximum atomic E-state index is 14.0. The van der Waals surface area contributed by atoms with Gasteiger partial charge in [0.1, 0.15) is 11.5 Å². The van der Waals surface area contributed by atoms with E-state index in [1.807, 2.05) is 24.3 Å². The van der Waals surface area contributed by atoms with Crippen molar-refractivity contribution in [2.75, 3.05) is 6.61 Å². The molecule has 1 aromatic carbocycles. The summed E-state index contributed by atoms with van der Waals surface area (Å²) < 4.78 is 25.4. The van der Waals surface area contributed by atoms with E-state index in [0.717, 1.165) is 35.6 Å². The van der Waals surface area contributed by atoms with Gasteiger partial charge in [0.15, 0.2) is 17.3 Å². The molecule has 2 N–H and O–H groups in total. The van der Waals surface area contributed by atoms with Gasteiger partial charge in [0.2, 0.25) is 0 Å². The number of nitrogens with zero attached hydrogens (tertiary/aromatic N) is 1. The van der Waals surface area contributed by atoms with Crippen LogP contribution in [0.15, 0.2) is 47.0 Å². The standard InChI is InChI=1S/C18H18FN3O2/c19-14-4-1-3-13-15(5-2-10-23-18(13)14)20-11-12-6-7-17(24-12)16-8-9-21-22-16/h1,3-4,6-9,15,20H,2,5,10-11H2,(H,21,22)/t15-/m0/s1. The SMILES string of the molecule is Fc1cccc2c1OCCC[C@@H]2NCc1ccc(-c2ccn[nH]2)o1. The minimum Gasteiger partial charge on any atom is -0.490 e. The van der Waals surface area contributed by atoms with Crippen LogP contribution in [-0.2, 0) is 6.54 Å². The number of ether oxygens (including phenoxy) is 1. The van der Waals surface area contributed by atoms with Crippen molar-refractivity contribution in [3.05, 3.63) is 59.7 Å². The maximum Gasteiger partial charge on any atom is 0.165 e. The second-order valence-electron chi connectivity index (χ2n) is 5.82. The molecule has 6 heteroatoms. The molecule has 0 aliphatic carbocycles. The number of H-pyrrole nitrogens is 1. The van der Waals surface area contributed by atoms with E-state index in [4.69, 9.17) is 9.15 Å². The van der Waals surface area contributed by atoms with Gasteiger partial charge >= 0.3 is 0 Å². The zero-order valence-corrected chi connectivity index (χ0v) is 13.1. The van der Waals surface area contributed by atoms with E-state index in [1.165, 1.54) is 6.07 Å². The van der Waals surface area contributed by atoms with Gasteiger partial charge in [-0.15, -0.1) is 0 Å². The van der Waals surface area contributed by atoms with Crippen molar-refractivity contribution in [3.63, 3.8) is 0 Å². The summed E-state index contributed by atoms with van der Waals surface area (Å²) in [6, 6.07) is 10.8. The van der Waals surface area contributed by atoms with Crippen molar-refractivity contribution in [1.29, 1.82) is 0 Å². The minimum atomic E-state index is -0.305. The van der Waals surface area contributed by atoms with Crippen LogP contribution in [0.4, 0.5) is 4.39 Å². The molecule has 1 atom stereocenters. The molecule has 3 aromatic rings. The molecule has 2 aromatic heterocycles. The number of fused-ring (bicyclic) bond motifs is 1. The summed E-state index contributed by atoms with van der Waals surface area (Å²) in [5, 5.41) is 10.3. The quantitative estimate of drug-likeness (QED) is 0.765. The lowest BCUT2D eigenvalue weighted by molar-refractivity contribution is 0.300. The Kier molecular flexibility index (Phi) is 4.04. The largest absolute Gasteiger partial charge is 0.490 e. The monoisotopic (exact) mass is 327 g/mol. The third kappa shape index (κ3) is 2.92. The second-order valence-corrected chi connectivity index (χ2v) is 5.82. The van der Waals surface area contributed by atoms with Crippen LogP contribution in [0.25, 0.3) is 11.5 Å². The molecule has 24 heavy (non-hydrogen) atoms. The Morgan fingerprint density at radius 2 is 2.21 bits per heavy atom. The summed E-state index contributed by atoms with van der Waals surface area (Å²) in [4.78, 5) is 0. The first-order chi connectivity index (χ1) is 11.8. The highest BCUT2D eigenvalue weighted by molar-refractivity contribution is 5.51. The molecule has 0 saturated heterocycles. The van der Waals surface area contributed by atoms with Crippen molar-refractivity contribution in [1.82, 2.24) is 15.5 Å². The number of para-hydroxylation sites is 1. The zero-order valence-electron chi connectivity index (χ0n) is 13.1. The van der Waals surface area contributed by atoms with Crippen molar-refractivity contribution in [3.8, 4) is 17.2 Å². The number of aromatic amines is 1. The smallest absolute Gasteiger partial charge is 0.165 e. The van der Waals surface area contributed by atoms with E-state index in [1.54, 1.807) is 12.3 Å². The number of aromatic nitrogens is 2. The summed E-state index contributed by atoms with van der Waals surface area (Å²) in [5.41, 5.74) is 1.71. The summed E-state index contributed by atoms with van der Waals surface area (Å²) in [6.45, 7) is 1.10. The molecule has 0 bridgehead atoms. The van der Waals surface area contributed by atoms with Gasteiger partial charge in [-0.05, 0) is 37.1 Å². The number of benzene rings is 1. The van der Waals surface area contributed by atoms with Gasteiger partial charge in [-0.3, -0.25) is 5.10 Å². The average Bonchev–Trinajstić information content (AvgIpc) is 3.23. The third-order valence-electron chi connectivity index (χ3n) is 4.21. The molecular formula is C18H18FN3O2. The lowest BCUT2D eigenvalue weighted by Crippen LogP contribution is -2.20. The highest BCUT2D eigenvalue weighted by atomic mass is 19.1. The summed E-state index contributed by atoms with van der Waals surface area (Å²) in [7, 11) is 0. The lowest BCUT2D eigenvalue weighted by atomic mass is 10.0. The molecular weight excluding hydrogens is 309 g/mol. The number of halogens is 1. The van der Waals surface area contributed by atoms with Crippen LogP contribution < -0.4 is 10.1 Å². The van der Waals surface area contributed by atoms with Crippen LogP contribution in [0.3, 0.4) is 0 Å². The average molecular weight is 327 g/mol. The van der Waals surface area contributed by atoms with Crippen LogP contribution in [0, 0.1) is 5.82 Å². The van der Waals surface area contributed by atoms with Crippen LogP contribution in [0.5, 0.6) is 5.75 Å². The predicted molar refractivity (Wildman–Crippen MR) is 87.0 cm³/mol. The maximum absolute atomic E-state index is 14.0. The fourth-order valence-electron chi connectivity index (χ4n) is 3.02. The Balaban J connectivity index is 1.49. The van der Waals surface area contributed by atoms with Crippen LogP contribution in [-0.4, -0.2) is 16.8 Å². The van der Waals surface area contributed by atoms with Crippen molar-refractivity contribution in [2.24, 2.45) is 0 Å². The third-order valence-corrected chi connectivity index (χ3v) is 4.21. The number of hydrogen-bond donors (Lipinski definition) is 2. The first-order valence-electron chi connectivity index (χ1n) is 8.04. The Hall–Kier alpha value is -2.60. The van der Waals surface area contributed by atoms with E-state index >= 15 is 0 Å². The van der Waals surface area contributed by atoms with Crippen LogP contribution >= 0.6 is 0 Å².